The summed E-state index contributed by atoms with van der Waals surface area (Å²) >= 11 is 0. The summed E-state index contributed by atoms with van der Waals surface area (Å²) in [6, 6.07) is 2.00. The molecule has 0 amide bonds. The lowest BCUT2D eigenvalue weighted by molar-refractivity contribution is -0.0679. The topological polar surface area (TPSA) is 90.1 Å². The normalized spacial score (nSPS) is 25.1. The number of fused-ring (bicyclic) bond motifs is 2. The predicted molar refractivity (Wildman–Crippen MR) is 114 cm³/mol. The number of ether oxygens (including phenoxy) is 1. The number of nitrogens with zero attached hydrogens (tertiary/aromatic N) is 5. The standard InChI is InChI=1S/C22H32N6O/c1-13(2)18-7-9-24-21(26-18)28-11-16-6-8-22(12-28,29-16)15(5)17-10-25-20(23)27-19(17)14(3)4/h7,9-10,13-16H,6,8,11-12H2,1-5H3,(H2,23,25,27). The van der Waals surface area contributed by atoms with E-state index in [0.717, 1.165) is 48.8 Å². The summed E-state index contributed by atoms with van der Waals surface area (Å²) in [4.78, 5) is 20.6. The van der Waals surface area contributed by atoms with Crippen molar-refractivity contribution in [1.29, 1.82) is 0 Å². The Kier molecular flexibility index (Phi) is 5.19. The van der Waals surface area contributed by atoms with Gasteiger partial charge in [0.1, 0.15) is 0 Å². The number of nitrogen functional groups attached to an aromatic ring is 1. The van der Waals surface area contributed by atoms with E-state index in [1.54, 1.807) is 0 Å². The highest BCUT2D eigenvalue weighted by Crippen LogP contribution is 2.46. The van der Waals surface area contributed by atoms with Crippen molar-refractivity contribution in [3.05, 3.63) is 35.4 Å². The minimum Gasteiger partial charge on any atom is -0.368 e. The fraction of sp³-hybridized carbons (Fsp3) is 0.636. The fourth-order valence-corrected chi connectivity index (χ4v) is 4.68. The third-order valence-electron chi connectivity index (χ3n) is 6.38. The zero-order valence-electron chi connectivity index (χ0n) is 18.1. The average molecular weight is 397 g/mol. The van der Waals surface area contributed by atoms with E-state index >= 15 is 0 Å². The van der Waals surface area contributed by atoms with Gasteiger partial charge in [-0.25, -0.2) is 19.9 Å². The van der Waals surface area contributed by atoms with Crippen molar-refractivity contribution in [3.63, 3.8) is 0 Å². The van der Waals surface area contributed by atoms with Gasteiger partial charge in [0, 0.05) is 30.6 Å². The first kappa shape index (κ1) is 20.0. The molecule has 2 aromatic heterocycles. The van der Waals surface area contributed by atoms with Crippen molar-refractivity contribution in [2.24, 2.45) is 0 Å². The molecule has 4 rings (SSSR count). The van der Waals surface area contributed by atoms with Crippen LogP contribution in [-0.4, -0.2) is 44.7 Å². The van der Waals surface area contributed by atoms with Crippen molar-refractivity contribution in [2.45, 2.75) is 76.9 Å². The Labute approximate surface area is 173 Å². The summed E-state index contributed by atoms with van der Waals surface area (Å²) < 4.78 is 6.61. The molecule has 2 aliphatic heterocycles. The largest absolute Gasteiger partial charge is 0.368 e. The lowest BCUT2D eigenvalue weighted by Gasteiger charge is -2.44. The lowest BCUT2D eigenvalue weighted by Crippen LogP contribution is -2.53. The van der Waals surface area contributed by atoms with Gasteiger partial charge >= 0.3 is 0 Å². The Morgan fingerprint density at radius 1 is 1.14 bits per heavy atom. The van der Waals surface area contributed by atoms with E-state index in [2.05, 4.69) is 54.5 Å². The molecule has 156 valence electrons. The van der Waals surface area contributed by atoms with Gasteiger partial charge in [0.05, 0.1) is 23.9 Å². The number of hydrogen-bond donors (Lipinski definition) is 1. The number of anilines is 2. The summed E-state index contributed by atoms with van der Waals surface area (Å²) in [6.07, 6.45) is 6.03. The minimum atomic E-state index is -0.288. The fourth-order valence-electron chi connectivity index (χ4n) is 4.68. The van der Waals surface area contributed by atoms with Gasteiger partial charge in [-0.15, -0.1) is 0 Å². The van der Waals surface area contributed by atoms with Gasteiger partial charge in [0.15, 0.2) is 0 Å². The van der Waals surface area contributed by atoms with E-state index in [0.29, 0.717) is 11.9 Å². The van der Waals surface area contributed by atoms with Gasteiger partial charge in [-0.1, -0.05) is 34.6 Å². The van der Waals surface area contributed by atoms with Gasteiger partial charge in [-0.3, -0.25) is 0 Å². The molecule has 29 heavy (non-hydrogen) atoms. The molecule has 2 fully saturated rings. The molecule has 4 heterocycles. The third-order valence-corrected chi connectivity index (χ3v) is 6.38. The molecule has 2 saturated heterocycles. The second kappa shape index (κ2) is 7.52. The van der Waals surface area contributed by atoms with Gasteiger partial charge in [0.25, 0.3) is 0 Å². The van der Waals surface area contributed by atoms with E-state index < -0.39 is 0 Å². The first-order chi connectivity index (χ1) is 13.8. The molecule has 2 N–H and O–H groups in total. The van der Waals surface area contributed by atoms with Crippen LogP contribution in [-0.2, 0) is 4.74 Å². The number of morpholine rings is 1. The molecule has 0 radical (unpaired) electrons. The van der Waals surface area contributed by atoms with Crippen LogP contribution in [0.25, 0.3) is 0 Å². The maximum absolute atomic E-state index is 6.61. The van der Waals surface area contributed by atoms with Gasteiger partial charge < -0.3 is 15.4 Å². The summed E-state index contributed by atoms with van der Waals surface area (Å²) in [6.45, 7) is 12.5. The number of rotatable bonds is 5. The van der Waals surface area contributed by atoms with Gasteiger partial charge in [-0.2, -0.15) is 0 Å². The summed E-state index contributed by atoms with van der Waals surface area (Å²) in [5, 5.41) is 0. The number of hydrogen-bond acceptors (Lipinski definition) is 7. The second-order valence-electron chi connectivity index (χ2n) is 9.11. The molecule has 0 aliphatic carbocycles. The maximum atomic E-state index is 6.61. The van der Waals surface area contributed by atoms with Crippen LogP contribution in [0.1, 0.15) is 82.2 Å². The molecule has 7 heteroatoms. The third kappa shape index (κ3) is 3.68. The Morgan fingerprint density at radius 3 is 2.66 bits per heavy atom. The van der Waals surface area contributed by atoms with E-state index in [-0.39, 0.29) is 23.5 Å². The Hall–Kier alpha value is -2.28. The molecule has 0 aromatic carbocycles. The molecule has 2 bridgehead atoms. The highest BCUT2D eigenvalue weighted by Gasteiger charge is 2.51. The van der Waals surface area contributed by atoms with Crippen molar-refractivity contribution < 1.29 is 4.74 Å². The first-order valence-corrected chi connectivity index (χ1v) is 10.7. The monoisotopic (exact) mass is 396 g/mol. The molecule has 7 nitrogen and oxygen atoms in total. The average Bonchev–Trinajstić information content (AvgIpc) is 3.02. The number of aromatic nitrogens is 4. The zero-order valence-corrected chi connectivity index (χ0v) is 18.1. The Bertz CT molecular complexity index is 885. The lowest BCUT2D eigenvalue weighted by atomic mass is 9.79. The zero-order chi connectivity index (χ0) is 20.8. The predicted octanol–water partition coefficient (Wildman–Crippen LogP) is 3.64. The highest BCUT2D eigenvalue weighted by molar-refractivity contribution is 5.38. The second-order valence-corrected chi connectivity index (χ2v) is 9.11. The van der Waals surface area contributed by atoms with E-state index in [1.807, 2.05) is 18.5 Å². The maximum Gasteiger partial charge on any atom is 0.225 e. The van der Waals surface area contributed by atoms with Gasteiger partial charge in [0.2, 0.25) is 11.9 Å². The van der Waals surface area contributed by atoms with Crippen molar-refractivity contribution in [2.75, 3.05) is 23.7 Å². The molecule has 0 spiro atoms. The molecule has 3 atom stereocenters. The number of nitrogens with two attached hydrogens (primary N) is 1. The van der Waals surface area contributed by atoms with Crippen LogP contribution in [0.15, 0.2) is 18.5 Å². The van der Waals surface area contributed by atoms with Gasteiger partial charge in [-0.05, 0) is 36.3 Å². The van der Waals surface area contributed by atoms with Crippen LogP contribution in [0.4, 0.5) is 11.9 Å². The Morgan fingerprint density at radius 2 is 1.93 bits per heavy atom. The molecule has 3 unspecified atom stereocenters. The molecule has 2 aliphatic rings. The SMILES string of the molecule is CC(C)c1ccnc(N2CC3CCC(C(C)c4cnc(N)nc4C(C)C)(C2)O3)n1. The van der Waals surface area contributed by atoms with Crippen LogP contribution in [0, 0.1) is 0 Å². The van der Waals surface area contributed by atoms with Crippen molar-refractivity contribution in [1.82, 2.24) is 19.9 Å². The summed E-state index contributed by atoms with van der Waals surface area (Å²) in [7, 11) is 0. The smallest absolute Gasteiger partial charge is 0.225 e. The molecule has 2 aromatic rings. The Balaban J connectivity index is 1.67. The van der Waals surface area contributed by atoms with Crippen LogP contribution in [0.5, 0.6) is 0 Å². The quantitative estimate of drug-likeness (QED) is 0.825. The first-order valence-electron chi connectivity index (χ1n) is 10.7. The highest BCUT2D eigenvalue weighted by atomic mass is 16.5. The minimum absolute atomic E-state index is 0.154. The van der Waals surface area contributed by atoms with Crippen LogP contribution >= 0.6 is 0 Å². The van der Waals surface area contributed by atoms with E-state index in [4.69, 9.17) is 15.5 Å². The summed E-state index contributed by atoms with van der Waals surface area (Å²) in [5.74, 6) is 1.94. The van der Waals surface area contributed by atoms with E-state index in [9.17, 15) is 0 Å². The summed E-state index contributed by atoms with van der Waals surface area (Å²) in [5.41, 5.74) is 8.81. The van der Waals surface area contributed by atoms with Crippen molar-refractivity contribution >= 4 is 11.9 Å². The van der Waals surface area contributed by atoms with Crippen LogP contribution in [0.2, 0.25) is 0 Å². The molecular formula is C22H32N6O. The molecular weight excluding hydrogens is 364 g/mol. The van der Waals surface area contributed by atoms with Crippen LogP contribution in [0.3, 0.4) is 0 Å². The molecule has 0 saturated carbocycles. The van der Waals surface area contributed by atoms with E-state index in [1.165, 1.54) is 0 Å². The van der Waals surface area contributed by atoms with Crippen LogP contribution < -0.4 is 10.6 Å². The van der Waals surface area contributed by atoms with Crippen molar-refractivity contribution in [3.8, 4) is 0 Å².